The van der Waals surface area contributed by atoms with Gasteiger partial charge in [0.05, 0.1) is 0 Å². The third-order valence-corrected chi connectivity index (χ3v) is 35.0. The maximum absolute atomic E-state index is 2.62. The average molecular weight is 1840 g/mol. The summed E-state index contributed by atoms with van der Waals surface area (Å²) in [5.41, 5.74) is 49.3. The SMILES string of the molecule is CC1(C)c2cc(-c3ccc4c5cccc6cccc(c7cccc3c74)c65)ccc2-c2cc3c(-c4ccc5c6c(cccc46)-c4ccccc4-5)c4ccccc4c(-c4ccc5c6c(cccc46)-c4ccccc4-5)c3cc21.CC1(C)c2cc(-c3ccc4cc(-c5ccccc5)ccc4c3)ccc2-c2cc3c(-c4ccc5c6c(cccc46)-c4ccccc4-5)c4ccccc4c(-c4ccc5c6c(cccc46)-c4ccccc4-5)c3cc21. The zero-order valence-corrected chi connectivity index (χ0v) is 80.9. The van der Waals surface area contributed by atoms with Crippen molar-refractivity contribution in [3.05, 3.63) is 483 Å². The molecule has 0 heterocycles. The summed E-state index contributed by atoms with van der Waals surface area (Å²) in [6.45, 7) is 9.80. The first-order valence-electron chi connectivity index (χ1n) is 51.6. The Morgan fingerprint density at radius 1 is 0.110 bits per heavy atom. The maximum atomic E-state index is 2.62. The smallest absolute Gasteiger partial charge is 0.0159 e. The molecule has 6 aliphatic rings. The van der Waals surface area contributed by atoms with Crippen molar-refractivity contribution in [2.75, 3.05) is 0 Å². The highest BCUT2D eigenvalue weighted by molar-refractivity contribution is 6.37. The molecule has 6 aliphatic carbocycles. The van der Waals surface area contributed by atoms with Gasteiger partial charge in [0.2, 0.25) is 0 Å². The summed E-state index contributed by atoms with van der Waals surface area (Å²) in [6.07, 6.45) is 0. The number of fused-ring (bicyclic) bond motifs is 25. The highest BCUT2D eigenvalue weighted by atomic mass is 14.4. The van der Waals surface area contributed by atoms with Crippen LogP contribution in [0.5, 0.6) is 0 Å². The molecule has 28 aromatic carbocycles. The fraction of sp³-hybridized carbons (Fsp3) is 0.0411. The van der Waals surface area contributed by atoms with E-state index < -0.39 is 0 Å². The lowest BCUT2D eigenvalue weighted by atomic mass is 9.78. The van der Waals surface area contributed by atoms with Crippen LogP contribution in [0.1, 0.15) is 49.9 Å². The minimum absolute atomic E-state index is 0.253. The predicted molar refractivity (Wildman–Crippen MR) is 623 cm³/mol. The third kappa shape index (κ3) is 10.8. The zero-order chi connectivity index (χ0) is 95.7. The maximum Gasteiger partial charge on any atom is 0.0159 e. The highest BCUT2D eigenvalue weighted by Crippen LogP contribution is 2.63. The summed E-state index contributed by atoms with van der Waals surface area (Å²) >= 11 is 0. The molecule has 0 heteroatoms. The first-order valence-corrected chi connectivity index (χ1v) is 51.6. The Bertz CT molecular complexity index is 10700. The van der Waals surface area contributed by atoms with Crippen molar-refractivity contribution in [2.45, 2.75) is 38.5 Å². The van der Waals surface area contributed by atoms with E-state index in [0.29, 0.717) is 0 Å². The van der Waals surface area contributed by atoms with Crippen LogP contribution in [0.2, 0.25) is 0 Å². The summed E-state index contributed by atoms with van der Waals surface area (Å²) < 4.78 is 0. The summed E-state index contributed by atoms with van der Waals surface area (Å²) in [4.78, 5) is 0. The van der Waals surface area contributed by atoms with Crippen molar-refractivity contribution < 1.29 is 0 Å². The molecule has 0 unspecified atom stereocenters. The Morgan fingerprint density at radius 2 is 0.356 bits per heavy atom. The molecule has 0 radical (unpaired) electrons. The Balaban J connectivity index is 0.000000128. The molecule has 672 valence electrons. The van der Waals surface area contributed by atoms with Gasteiger partial charge in [-0.1, -0.05) is 440 Å². The summed E-state index contributed by atoms with van der Waals surface area (Å²) in [7, 11) is 0. The fourth-order valence-electron chi connectivity index (χ4n) is 28.6. The standard InChI is InChI=1S/C75H44.C71H44/c1-75(2)67-38-42(43-32-33-61-53-23-10-15-41-14-9-22-52(69(41)53)56-27-11-24-49(43)70(56)61)30-31-48(67)64-39-65-66(40-68(64)75)74(63-37-35-60-47-19-6-4-17-45(47)51-26-13-29-58(63)72(51)60)55-21-8-7-20-54(55)73(65)62-36-34-59-46-18-5-3-16-44(46)50-25-12-28-57(62)71(50)59;1-71(2)65-38-46(45-29-28-43-36-42(26-27-44(43)37-45)41-14-4-3-5-15-41)30-31-51(65)62-39-63-64(40-66(62)71)70(61-35-33-59-50-19-9-7-17-48(50)53-23-13-25-57(61)68(53)59)55-21-11-10-20-54(55)69(63)60-34-32-58-49-18-8-6-16-47(49)52-22-12-24-56(60)67(52)58/h3-40H,1-2H3;3-40H,1-2H3. The lowest BCUT2D eigenvalue weighted by molar-refractivity contribution is 0.661. The van der Waals surface area contributed by atoms with E-state index in [9.17, 15) is 0 Å². The zero-order valence-electron chi connectivity index (χ0n) is 80.9. The number of hydrogen-bond acceptors (Lipinski definition) is 0. The molecule has 0 N–H and O–H groups in total. The second kappa shape index (κ2) is 29.3. The van der Waals surface area contributed by atoms with Gasteiger partial charge < -0.3 is 0 Å². The topological polar surface area (TPSA) is 0 Å². The van der Waals surface area contributed by atoms with E-state index in [0.717, 1.165) is 0 Å². The minimum Gasteiger partial charge on any atom is -0.0622 e. The quantitative estimate of drug-likeness (QED) is 0.110. The molecule has 34 rings (SSSR count). The van der Waals surface area contributed by atoms with Crippen LogP contribution in [0.3, 0.4) is 0 Å². The first-order chi connectivity index (χ1) is 72.0. The summed E-state index contributed by atoms with van der Waals surface area (Å²) in [5, 5.41) is 34.0. The van der Waals surface area contributed by atoms with E-state index in [4.69, 9.17) is 0 Å². The molecule has 28 aromatic rings. The summed E-state index contributed by atoms with van der Waals surface area (Å²) in [5.74, 6) is 0. The van der Waals surface area contributed by atoms with Crippen molar-refractivity contribution in [3.8, 4) is 189 Å². The number of rotatable bonds is 7. The highest BCUT2D eigenvalue weighted by Gasteiger charge is 2.41. The molecule has 0 spiro atoms. The molecule has 0 saturated heterocycles. The van der Waals surface area contributed by atoms with E-state index in [1.807, 2.05) is 0 Å². The third-order valence-electron chi connectivity index (χ3n) is 35.0. The number of hydrogen-bond donors (Lipinski definition) is 0. The molecule has 0 amide bonds. The molecular weight excluding hydrogens is 1750 g/mol. The molecule has 0 aliphatic heterocycles. The van der Waals surface area contributed by atoms with Crippen LogP contribution >= 0.6 is 0 Å². The molecule has 0 bridgehead atoms. The van der Waals surface area contributed by atoms with Gasteiger partial charge in [0, 0.05) is 10.8 Å². The monoisotopic (exact) mass is 1840 g/mol. The second-order valence-electron chi connectivity index (χ2n) is 42.7. The predicted octanol–water partition coefficient (Wildman–Crippen LogP) is 40.7. The Hall–Kier alpha value is -18.2. The van der Waals surface area contributed by atoms with Crippen LogP contribution in [0.15, 0.2) is 461 Å². The van der Waals surface area contributed by atoms with Gasteiger partial charge in [-0.3, -0.25) is 0 Å². The molecule has 0 aromatic heterocycles. The molecular formula is C146H88. The Morgan fingerprint density at radius 3 is 0.747 bits per heavy atom. The summed E-state index contributed by atoms with van der Waals surface area (Å²) in [6, 6.07) is 176. The lowest BCUT2D eigenvalue weighted by Crippen LogP contribution is -2.15. The fourth-order valence-corrected chi connectivity index (χ4v) is 28.6. The molecule has 146 heavy (non-hydrogen) atoms. The van der Waals surface area contributed by atoms with Crippen LogP contribution in [-0.4, -0.2) is 0 Å². The Labute approximate surface area is 844 Å². The van der Waals surface area contributed by atoms with Crippen molar-refractivity contribution in [1.82, 2.24) is 0 Å². The lowest BCUT2D eigenvalue weighted by Gasteiger charge is -2.25. The van der Waals surface area contributed by atoms with Gasteiger partial charge in [0.25, 0.3) is 0 Å². The van der Waals surface area contributed by atoms with E-state index in [2.05, 4.69) is 489 Å². The van der Waals surface area contributed by atoms with Gasteiger partial charge >= 0.3 is 0 Å². The average Bonchev–Trinajstić information content (AvgIpc) is 1.47. The molecule has 0 saturated carbocycles. The van der Waals surface area contributed by atoms with E-state index in [1.54, 1.807) is 0 Å². The van der Waals surface area contributed by atoms with Gasteiger partial charge in [0.1, 0.15) is 0 Å². The van der Waals surface area contributed by atoms with Crippen molar-refractivity contribution in [3.63, 3.8) is 0 Å². The normalized spacial score (nSPS) is 13.5. The largest absolute Gasteiger partial charge is 0.0622 e. The Kier molecular flexibility index (Phi) is 16.1. The van der Waals surface area contributed by atoms with Crippen LogP contribution in [0, 0.1) is 0 Å². The number of benzene rings is 28. The second-order valence-corrected chi connectivity index (χ2v) is 42.7. The van der Waals surface area contributed by atoms with Crippen LogP contribution in [-0.2, 0) is 10.8 Å². The van der Waals surface area contributed by atoms with Crippen molar-refractivity contribution >= 4 is 140 Å². The van der Waals surface area contributed by atoms with Gasteiger partial charge in [-0.25, -0.2) is 0 Å². The van der Waals surface area contributed by atoms with Crippen molar-refractivity contribution in [1.29, 1.82) is 0 Å². The molecule has 0 atom stereocenters. The first kappa shape index (κ1) is 80.5. The van der Waals surface area contributed by atoms with E-state index in [1.165, 1.54) is 351 Å². The van der Waals surface area contributed by atoms with Gasteiger partial charge in [0.15, 0.2) is 0 Å². The van der Waals surface area contributed by atoms with Gasteiger partial charge in [-0.05, 0) is 400 Å². The molecule has 0 fully saturated rings. The van der Waals surface area contributed by atoms with Gasteiger partial charge in [-0.15, -0.1) is 0 Å². The van der Waals surface area contributed by atoms with Crippen molar-refractivity contribution in [2.24, 2.45) is 0 Å². The van der Waals surface area contributed by atoms with Gasteiger partial charge in [-0.2, -0.15) is 0 Å². The van der Waals surface area contributed by atoms with Crippen LogP contribution < -0.4 is 0 Å². The van der Waals surface area contributed by atoms with E-state index >= 15 is 0 Å². The van der Waals surface area contributed by atoms with E-state index in [-0.39, 0.29) is 10.8 Å². The van der Waals surface area contributed by atoms with Crippen LogP contribution in [0.25, 0.3) is 329 Å². The molecule has 0 nitrogen and oxygen atoms in total. The van der Waals surface area contributed by atoms with Crippen LogP contribution in [0.4, 0.5) is 0 Å². The minimum atomic E-state index is -0.281.